The smallest absolute Gasteiger partial charge is 0.251 e. The summed E-state index contributed by atoms with van der Waals surface area (Å²) in [7, 11) is 1.63. The lowest BCUT2D eigenvalue weighted by Crippen LogP contribution is -2.17. The Morgan fingerprint density at radius 2 is 1.89 bits per heavy atom. The van der Waals surface area contributed by atoms with E-state index in [1.165, 1.54) is 0 Å². The first-order valence-electron chi connectivity index (χ1n) is 6.13. The molecular weight excluding hydrogens is 226 g/mol. The summed E-state index contributed by atoms with van der Waals surface area (Å²) in [5.74, 6) is 0.806. The summed E-state index contributed by atoms with van der Waals surface area (Å²) in [5.41, 5.74) is 0.673. The molecule has 0 fully saturated rings. The number of benzene rings is 2. The summed E-state index contributed by atoms with van der Waals surface area (Å²) in [5, 5.41) is 4.74. The van der Waals surface area contributed by atoms with Crippen LogP contribution < -0.4 is 10.1 Å². The van der Waals surface area contributed by atoms with E-state index in [9.17, 15) is 4.79 Å². The van der Waals surface area contributed by atoms with Crippen LogP contribution in [0.2, 0.25) is 0 Å². The second kappa shape index (κ2) is 5.54. The maximum Gasteiger partial charge on any atom is 0.251 e. The minimum absolute atomic E-state index is 0.0665. The molecule has 0 saturated heterocycles. The van der Waals surface area contributed by atoms with Gasteiger partial charge in [0.2, 0.25) is 0 Å². The topological polar surface area (TPSA) is 38.3 Å². The Morgan fingerprint density at radius 1 is 1.17 bits per heavy atom. The molecule has 0 unspecified atom stereocenters. The van der Waals surface area contributed by atoms with Crippen LogP contribution in [0.4, 0.5) is 0 Å². The normalized spacial score (nSPS) is 10.3. The Kier molecular flexibility index (Phi) is 3.82. The number of hydrogen-bond acceptors (Lipinski definition) is 2. The van der Waals surface area contributed by atoms with Gasteiger partial charge in [0.25, 0.3) is 5.91 Å². The monoisotopic (exact) mass is 243 g/mol. The predicted molar refractivity (Wildman–Crippen MR) is 73.1 cm³/mol. The Hall–Kier alpha value is -2.03. The fraction of sp³-hybridized carbons (Fsp3) is 0.267. The molecule has 1 amide bonds. The lowest BCUT2D eigenvalue weighted by atomic mass is 10.1. The molecular formula is C15H17NO2. The average molecular weight is 243 g/mol. The van der Waals surface area contributed by atoms with Gasteiger partial charge in [-0.15, -0.1) is 0 Å². The zero-order valence-electron chi connectivity index (χ0n) is 10.7. The van der Waals surface area contributed by atoms with Crippen LogP contribution in [-0.2, 0) is 0 Å². The molecule has 94 valence electrons. The quantitative estimate of drug-likeness (QED) is 0.896. The second-order valence-corrected chi connectivity index (χ2v) is 4.15. The lowest BCUT2D eigenvalue weighted by Gasteiger charge is -2.07. The van der Waals surface area contributed by atoms with Gasteiger partial charge in [0, 0.05) is 12.6 Å². The SMILES string of the molecule is CCCOc1ccc2cc(C(=O)NC)ccc2c1. The first-order chi connectivity index (χ1) is 8.74. The van der Waals surface area contributed by atoms with Gasteiger partial charge in [0.05, 0.1) is 6.61 Å². The van der Waals surface area contributed by atoms with Crippen molar-refractivity contribution in [1.29, 1.82) is 0 Å². The van der Waals surface area contributed by atoms with Crippen LogP contribution in [0.25, 0.3) is 10.8 Å². The Morgan fingerprint density at radius 3 is 2.61 bits per heavy atom. The lowest BCUT2D eigenvalue weighted by molar-refractivity contribution is 0.0963. The van der Waals surface area contributed by atoms with Crippen LogP contribution in [0.1, 0.15) is 23.7 Å². The van der Waals surface area contributed by atoms with Gasteiger partial charge >= 0.3 is 0 Å². The molecule has 3 heteroatoms. The molecule has 3 nitrogen and oxygen atoms in total. The van der Waals surface area contributed by atoms with E-state index in [0.29, 0.717) is 5.56 Å². The molecule has 0 spiro atoms. The molecule has 2 aromatic carbocycles. The first-order valence-corrected chi connectivity index (χ1v) is 6.13. The summed E-state index contributed by atoms with van der Waals surface area (Å²) in [6.45, 7) is 2.80. The number of fused-ring (bicyclic) bond motifs is 1. The zero-order chi connectivity index (χ0) is 13.0. The van der Waals surface area contributed by atoms with Crippen molar-refractivity contribution in [3.63, 3.8) is 0 Å². The highest BCUT2D eigenvalue weighted by atomic mass is 16.5. The molecule has 0 atom stereocenters. The number of amides is 1. The van der Waals surface area contributed by atoms with E-state index in [4.69, 9.17) is 4.74 Å². The number of carbonyl (C=O) groups excluding carboxylic acids is 1. The van der Waals surface area contributed by atoms with Crippen LogP contribution in [0.15, 0.2) is 36.4 Å². The van der Waals surface area contributed by atoms with Crippen molar-refractivity contribution >= 4 is 16.7 Å². The Labute approximate surface area is 107 Å². The van der Waals surface area contributed by atoms with E-state index >= 15 is 0 Å². The van der Waals surface area contributed by atoms with Gasteiger partial charge in [0.1, 0.15) is 5.75 Å². The Balaban J connectivity index is 2.33. The molecule has 0 aliphatic heterocycles. The molecule has 1 N–H and O–H groups in total. The van der Waals surface area contributed by atoms with Crippen LogP contribution >= 0.6 is 0 Å². The summed E-state index contributed by atoms with van der Waals surface area (Å²) in [4.78, 5) is 11.5. The van der Waals surface area contributed by atoms with Crippen molar-refractivity contribution in [1.82, 2.24) is 5.32 Å². The third-order valence-electron chi connectivity index (χ3n) is 2.77. The number of rotatable bonds is 4. The second-order valence-electron chi connectivity index (χ2n) is 4.15. The van der Waals surface area contributed by atoms with Gasteiger partial charge in [-0.2, -0.15) is 0 Å². The van der Waals surface area contributed by atoms with E-state index in [0.717, 1.165) is 29.5 Å². The van der Waals surface area contributed by atoms with Crippen molar-refractivity contribution in [2.45, 2.75) is 13.3 Å². The number of hydrogen-bond donors (Lipinski definition) is 1. The standard InChI is InChI=1S/C15H17NO2/c1-3-8-18-14-7-6-11-9-13(15(17)16-2)5-4-12(11)10-14/h4-7,9-10H,3,8H2,1-2H3,(H,16,17). The summed E-state index contributed by atoms with van der Waals surface area (Å²) < 4.78 is 5.58. The number of carbonyl (C=O) groups is 1. The predicted octanol–water partition coefficient (Wildman–Crippen LogP) is 2.99. The van der Waals surface area contributed by atoms with Gasteiger partial charge in [-0.1, -0.05) is 19.1 Å². The van der Waals surface area contributed by atoms with Gasteiger partial charge in [-0.25, -0.2) is 0 Å². The van der Waals surface area contributed by atoms with Gasteiger partial charge < -0.3 is 10.1 Å². The molecule has 0 aliphatic carbocycles. The van der Waals surface area contributed by atoms with Crippen molar-refractivity contribution in [3.05, 3.63) is 42.0 Å². The molecule has 2 aromatic rings. The van der Waals surface area contributed by atoms with Crippen molar-refractivity contribution in [2.75, 3.05) is 13.7 Å². The minimum atomic E-state index is -0.0665. The van der Waals surface area contributed by atoms with E-state index in [2.05, 4.69) is 12.2 Å². The van der Waals surface area contributed by atoms with Gasteiger partial charge in [0.15, 0.2) is 0 Å². The maximum absolute atomic E-state index is 11.5. The summed E-state index contributed by atoms with van der Waals surface area (Å²) >= 11 is 0. The third-order valence-corrected chi connectivity index (χ3v) is 2.77. The highest BCUT2D eigenvalue weighted by Gasteiger charge is 2.04. The van der Waals surface area contributed by atoms with Crippen LogP contribution in [0.3, 0.4) is 0 Å². The largest absolute Gasteiger partial charge is 0.494 e. The highest BCUT2D eigenvalue weighted by molar-refractivity contribution is 5.98. The van der Waals surface area contributed by atoms with Crippen LogP contribution in [-0.4, -0.2) is 19.6 Å². The summed E-state index contributed by atoms with van der Waals surface area (Å²) in [6, 6.07) is 11.6. The van der Waals surface area contributed by atoms with Crippen molar-refractivity contribution in [2.24, 2.45) is 0 Å². The van der Waals surface area contributed by atoms with Crippen molar-refractivity contribution in [3.8, 4) is 5.75 Å². The maximum atomic E-state index is 11.5. The molecule has 2 rings (SSSR count). The van der Waals surface area contributed by atoms with Gasteiger partial charge in [-0.05, 0) is 41.5 Å². The molecule has 0 aliphatic rings. The Bertz CT molecular complexity index is 563. The first kappa shape index (κ1) is 12.4. The van der Waals surface area contributed by atoms with Crippen LogP contribution in [0.5, 0.6) is 5.75 Å². The molecule has 0 aromatic heterocycles. The zero-order valence-corrected chi connectivity index (χ0v) is 10.7. The molecule has 0 heterocycles. The van der Waals surface area contributed by atoms with E-state index in [-0.39, 0.29) is 5.91 Å². The fourth-order valence-electron chi connectivity index (χ4n) is 1.82. The number of nitrogens with one attached hydrogen (secondary N) is 1. The summed E-state index contributed by atoms with van der Waals surface area (Å²) in [6.07, 6.45) is 0.994. The molecule has 18 heavy (non-hydrogen) atoms. The van der Waals surface area contributed by atoms with Crippen LogP contribution in [0, 0.1) is 0 Å². The van der Waals surface area contributed by atoms with E-state index in [1.807, 2.05) is 36.4 Å². The van der Waals surface area contributed by atoms with E-state index < -0.39 is 0 Å². The molecule has 0 bridgehead atoms. The highest BCUT2D eigenvalue weighted by Crippen LogP contribution is 2.22. The molecule has 0 radical (unpaired) electrons. The van der Waals surface area contributed by atoms with Gasteiger partial charge in [-0.3, -0.25) is 4.79 Å². The molecule has 0 saturated carbocycles. The van der Waals surface area contributed by atoms with E-state index in [1.54, 1.807) is 7.05 Å². The minimum Gasteiger partial charge on any atom is -0.494 e. The fourth-order valence-corrected chi connectivity index (χ4v) is 1.82. The number of ether oxygens (including phenoxy) is 1. The average Bonchev–Trinajstić information content (AvgIpc) is 2.43. The van der Waals surface area contributed by atoms with Crippen molar-refractivity contribution < 1.29 is 9.53 Å². The third kappa shape index (κ3) is 2.62.